The van der Waals surface area contributed by atoms with Gasteiger partial charge in [-0.25, -0.2) is 0 Å². The number of nitrogens with zero attached hydrogens (tertiary/aromatic N) is 4. The highest BCUT2D eigenvalue weighted by Gasteiger charge is 2.05. The molecule has 1 amide bonds. The average Bonchev–Trinajstić information content (AvgIpc) is 3.03. The monoisotopic (exact) mass is 316 g/mol. The summed E-state index contributed by atoms with van der Waals surface area (Å²) in [6.45, 7) is 3.56. The van der Waals surface area contributed by atoms with Gasteiger partial charge in [0.2, 0.25) is 11.7 Å². The van der Waals surface area contributed by atoms with Crippen LogP contribution in [0.2, 0.25) is 0 Å². The van der Waals surface area contributed by atoms with Gasteiger partial charge in [-0.2, -0.15) is 4.80 Å². The number of aryl methyl sites for hydroxylation is 2. The first kappa shape index (κ1) is 17.1. The molecule has 7 nitrogen and oxygen atoms in total. The lowest BCUT2D eigenvalue weighted by molar-refractivity contribution is -0.119. The van der Waals surface area contributed by atoms with Gasteiger partial charge in [0.1, 0.15) is 0 Å². The predicted molar refractivity (Wildman–Crippen MR) is 88.5 cm³/mol. The number of amides is 1. The van der Waals surface area contributed by atoms with Gasteiger partial charge >= 0.3 is 0 Å². The van der Waals surface area contributed by atoms with Crippen LogP contribution in [0.15, 0.2) is 24.3 Å². The third-order valence-electron chi connectivity index (χ3n) is 3.56. The van der Waals surface area contributed by atoms with Crippen molar-refractivity contribution in [1.29, 1.82) is 0 Å². The summed E-state index contributed by atoms with van der Waals surface area (Å²) in [5.41, 5.74) is 7.41. The quantitative estimate of drug-likeness (QED) is 0.679. The number of aromatic nitrogens is 4. The minimum atomic E-state index is -0.0968. The van der Waals surface area contributed by atoms with Crippen molar-refractivity contribution in [3.8, 4) is 11.4 Å². The molecule has 124 valence electrons. The third kappa shape index (κ3) is 5.78. The van der Waals surface area contributed by atoms with Crippen molar-refractivity contribution in [3.63, 3.8) is 0 Å². The van der Waals surface area contributed by atoms with Crippen molar-refractivity contribution >= 4 is 5.91 Å². The first-order valence-electron chi connectivity index (χ1n) is 8.00. The number of benzene rings is 1. The van der Waals surface area contributed by atoms with Gasteiger partial charge in [-0.15, -0.1) is 10.2 Å². The van der Waals surface area contributed by atoms with Crippen LogP contribution in [0.3, 0.4) is 0 Å². The lowest BCUT2D eigenvalue weighted by atomic mass is 10.1. The molecule has 7 heteroatoms. The number of carbonyl (C=O) groups is 1. The molecule has 0 bridgehead atoms. The zero-order valence-corrected chi connectivity index (χ0v) is 13.5. The van der Waals surface area contributed by atoms with Crippen molar-refractivity contribution in [2.24, 2.45) is 5.73 Å². The van der Waals surface area contributed by atoms with Crippen LogP contribution in [0.5, 0.6) is 0 Å². The summed E-state index contributed by atoms with van der Waals surface area (Å²) >= 11 is 0. The maximum atomic E-state index is 11.0. The van der Waals surface area contributed by atoms with E-state index in [1.165, 1.54) is 5.56 Å². The van der Waals surface area contributed by atoms with E-state index in [0.29, 0.717) is 12.4 Å². The molecule has 0 saturated heterocycles. The Balaban J connectivity index is 1.65. The van der Waals surface area contributed by atoms with Gasteiger partial charge in [0.25, 0.3) is 0 Å². The molecular formula is C16H24N6O. The molecule has 0 spiro atoms. The van der Waals surface area contributed by atoms with Gasteiger partial charge in [-0.1, -0.05) is 42.7 Å². The minimum Gasteiger partial charge on any atom is -0.355 e. The molecule has 3 N–H and O–H groups in total. The molecule has 1 aromatic carbocycles. The Morgan fingerprint density at radius 1 is 1.17 bits per heavy atom. The van der Waals surface area contributed by atoms with Crippen LogP contribution >= 0.6 is 0 Å². The molecule has 0 atom stereocenters. The molecule has 1 aromatic heterocycles. The summed E-state index contributed by atoms with van der Waals surface area (Å²) in [5, 5.41) is 15.3. The second kappa shape index (κ2) is 8.99. The molecular weight excluding hydrogens is 292 g/mol. The van der Waals surface area contributed by atoms with Gasteiger partial charge in [0.05, 0.1) is 13.1 Å². The first-order valence-corrected chi connectivity index (χ1v) is 8.00. The topological polar surface area (TPSA) is 98.7 Å². The second-order valence-electron chi connectivity index (χ2n) is 5.54. The normalized spacial score (nSPS) is 10.7. The van der Waals surface area contributed by atoms with Crippen LogP contribution in [0.4, 0.5) is 0 Å². The second-order valence-corrected chi connectivity index (χ2v) is 5.54. The molecule has 2 rings (SSSR count). The Bertz CT molecular complexity index is 607. The summed E-state index contributed by atoms with van der Waals surface area (Å²) in [5.74, 6) is 0.565. The van der Waals surface area contributed by atoms with Crippen LogP contribution in [-0.4, -0.2) is 39.2 Å². The van der Waals surface area contributed by atoms with Crippen LogP contribution in [0, 0.1) is 6.92 Å². The first-order chi connectivity index (χ1) is 11.2. The molecule has 0 saturated carbocycles. The minimum absolute atomic E-state index is 0.0568. The maximum absolute atomic E-state index is 11.0. The number of carbonyl (C=O) groups excluding carboxylic acids is 1. The fraction of sp³-hybridized carbons (Fsp3) is 0.500. The Hall–Kier alpha value is -2.28. The number of nitrogens with two attached hydrogens (primary N) is 1. The van der Waals surface area contributed by atoms with Crippen LogP contribution in [0.25, 0.3) is 11.4 Å². The molecule has 23 heavy (non-hydrogen) atoms. The zero-order chi connectivity index (χ0) is 16.5. The van der Waals surface area contributed by atoms with Crippen molar-refractivity contribution < 1.29 is 4.79 Å². The zero-order valence-electron chi connectivity index (χ0n) is 13.5. The molecule has 1 heterocycles. The Morgan fingerprint density at radius 3 is 2.65 bits per heavy atom. The van der Waals surface area contributed by atoms with Gasteiger partial charge in [0.15, 0.2) is 0 Å². The fourth-order valence-corrected chi connectivity index (χ4v) is 2.19. The van der Waals surface area contributed by atoms with Crippen molar-refractivity contribution in [3.05, 3.63) is 29.8 Å². The number of nitrogens with one attached hydrogen (secondary N) is 1. The molecule has 2 aromatic rings. The smallest absolute Gasteiger partial charge is 0.233 e. The van der Waals surface area contributed by atoms with E-state index in [1.807, 2.05) is 24.3 Å². The summed E-state index contributed by atoms with van der Waals surface area (Å²) in [7, 11) is 0. The standard InChI is InChI=1S/C16H24N6O/c1-13-6-8-14(9-7-13)16-19-21-22(20-16)11-5-3-2-4-10-18-15(23)12-17/h6-9H,2-5,10-12,17H2,1H3,(H,18,23). The number of tetrazole rings is 1. The van der Waals surface area contributed by atoms with Crippen molar-refractivity contribution in [1.82, 2.24) is 25.5 Å². The molecule has 0 radical (unpaired) electrons. The van der Waals surface area contributed by atoms with Crippen molar-refractivity contribution in [2.75, 3.05) is 13.1 Å². The number of unbranched alkanes of at least 4 members (excludes halogenated alkanes) is 3. The Kier molecular flexibility index (Phi) is 6.68. The molecule has 0 aliphatic carbocycles. The lowest BCUT2D eigenvalue weighted by Gasteiger charge is -2.03. The Labute approximate surface area is 136 Å². The van der Waals surface area contributed by atoms with Crippen LogP contribution < -0.4 is 11.1 Å². The van der Waals surface area contributed by atoms with Crippen LogP contribution in [0.1, 0.15) is 31.2 Å². The highest BCUT2D eigenvalue weighted by molar-refractivity contribution is 5.77. The third-order valence-corrected chi connectivity index (χ3v) is 3.56. The highest BCUT2D eigenvalue weighted by Crippen LogP contribution is 2.14. The van der Waals surface area contributed by atoms with E-state index in [4.69, 9.17) is 5.73 Å². The van der Waals surface area contributed by atoms with Crippen molar-refractivity contribution in [2.45, 2.75) is 39.2 Å². The van der Waals surface area contributed by atoms with E-state index in [0.717, 1.165) is 37.8 Å². The molecule has 0 fully saturated rings. The van der Waals surface area contributed by atoms with E-state index in [1.54, 1.807) is 4.80 Å². The average molecular weight is 316 g/mol. The van der Waals surface area contributed by atoms with Crippen LogP contribution in [-0.2, 0) is 11.3 Å². The maximum Gasteiger partial charge on any atom is 0.233 e. The number of hydrogen-bond donors (Lipinski definition) is 2. The molecule has 0 unspecified atom stereocenters. The van der Waals surface area contributed by atoms with Gasteiger partial charge in [-0.3, -0.25) is 4.79 Å². The van der Waals surface area contributed by atoms with E-state index in [2.05, 4.69) is 27.7 Å². The van der Waals surface area contributed by atoms with Gasteiger partial charge < -0.3 is 11.1 Å². The SMILES string of the molecule is Cc1ccc(-c2nnn(CCCCCCNC(=O)CN)n2)cc1. The predicted octanol–water partition coefficient (Wildman–Crippen LogP) is 1.28. The summed E-state index contributed by atoms with van der Waals surface area (Å²) < 4.78 is 0. The van der Waals surface area contributed by atoms with Gasteiger partial charge in [0, 0.05) is 12.1 Å². The van der Waals surface area contributed by atoms with E-state index in [-0.39, 0.29) is 12.5 Å². The van der Waals surface area contributed by atoms with E-state index in [9.17, 15) is 4.79 Å². The fourth-order valence-electron chi connectivity index (χ4n) is 2.19. The summed E-state index contributed by atoms with van der Waals surface area (Å²) in [6, 6.07) is 8.09. The molecule has 0 aliphatic rings. The lowest BCUT2D eigenvalue weighted by Crippen LogP contribution is -2.30. The van der Waals surface area contributed by atoms with E-state index < -0.39 is 0 Å². The highest BCUT2D eigenvalue weighted by atomic mass is 16.1. The molecule has 0 aliphatic heterocycles. The summed E-state index contributed by atoms with van der Waals surface area (Å²) in [6.07, 6.45) is 4.09. The number of rotatable bonds is 9. The van der Waals surface area contributed by atoms with Gasteiger partial charge in [-0.05, 0) is 25.0 Å². The summed E-state index contributed by atoms with van der Waals surface area (Å²) in [4.78, 5) is 12.6. The Morgan fingerprint density at radius 2 is 1.91 bits per heavy atom. The number of hydrogen-bond acceptors (Lipinski definition) is 5. The largest absolute Gasteiger partial charge is 0.355 e. The van der Waals surface area contributed by atoms with E-state index >= 15 is 0 Å².